The standard InChI is InChI=1S/C11H12F2N2O3/c1-6(11(17)18)14-5-10(16)15-9-4-7(12)2-3-8(9)13/h2-4,6,14H,5H2,1H3,(H,15,16)(H,17,18)/t6-/m1/s1. The van der Waals surface area contributed by atoms with Crippen LogP contribution in [-0.2, 0) is 9.59 Å². The molecule has 0 unspecified atom stereocenters. The smallest absolute Gasteiger partial charge is 0.320 e. The lowest BCUT2D eigenvalue weighted by molar-refractivity contribution is -0.139. The first-order chi connectivity index (χ1) is 8.40. The highest BCUT2D eigenvalue weighted by molar-refractivity contribution is 5.92. The number of anilines is 1. The molecule has 0 aliphatic heterocycles. The lowest BCUT2D eigenvalue weighted by Gasteiger charge is -2.10. The van der Waals surface area contributed by atoms with Crippen molar-refractivity contribution < 1.29 is 23.5 Å². The molecule has 18 heavy (non-hydrogen) atoms. The quantitative estimate of drug-likeness (QED) is 0.735. The lowest BCUT2D eigenvalue weighted by atomic mass is 10.3. The zero-order valence-electron chi connectivity index (χ0n) is 9.54. The first-order valence-electron chi connectivity index (χ1n) is 5.11. The maximum Gasteiger partial charge on any atom is 0.320 e. The number of amides is 1. The molecule has 3 N–H and O–H groups in total. The van der Waals surface area contributed by atoms with Gasteiger partial charge in [-0.1, -0.05) is 0 Å². The van der Waals surface area contributed by atoms with Crippen LogP contribution >= 0.6 is 0 Å². The zero-order valence-corrected chi connectivity index (χ0v) is 9.54. The Bertz CT molecular complexity index is 466. The second-order valence-corrected chi connectivity index (χ2v) is 3.61. The summed E-state index contributed by atoms with van der Waals surface area (Å²) in [7, 11) is 0. The largest absolute Gasteiger partial charge is 0.480 e. The van der Waals surface area contributed by atoms with E-state index in [0.29, 0.717) is 0 Å². The van der Waals surface area contributed by atoms with E-state index in [1.54, 1.807) is 0 Å². The summed E-state index contributed by atoms with van der Waals surface area (Å²) >= 11 is 0. The molecule has 1 amide bonds. The van der Waals surface area contributed by atoms with Crippen molar-refractivity contribution in [2.24, 2.45) is 0 Å². The molecule has 1 aromatic rings. The first kappa shape index (κ1) is 14.0. The molecule has 0 heterocycles. The second kappa shape index (κ2) is 6.06. The number of hydrogen-bond donors (Lipinski definition) is 3. The van der Waals surface area contributed by atoms with Gasteiger partial charge < -0.3 is 10.4 Å². The fraction of sp³-hybridized carbons (Fsp3) is 0.273. The molecule has 0 aromatic heterocycles. The number of halogens is 2. The maximum absolute atomic E-state index is 13.2. The highest BCUT2D eigenvalue weighted by atomic mass is 19.1. The van der Waals surface area contributed by atoms with Crippen LogP contribution in [0.1, 0.15) is 6.92 Å². The minimum atomic E-state index is -1.11. The molecule has 0 saturated carbocycles. The molecule has 0 aliphatic carbocycles. The first-order valence-corrected chi connectivity index (χ1v) is 5.11. The van der Waals surface area contributed by atoms with Crippen molar-refractivity contribution in [2.75, 3.05) is 11.9 Å². The summed E-state index contributed by atoms with van der Waals surface area (Å²) in [4.78, 5) is 21.8. The van der Waals surface area contributed by atoms with Crippen LogP contribution < -0.4 is 10.6 Å². The Kier molecular flexibility index (Phi) is 4.73. The lowest BCUT2D eigenvalue weighted by Crippen LogP contribution is -2.39. The van der Waals surface area contributed by atoms with Crippen LogP contribution in [0, 0.1) is 11.6 Å². The van der Waals surface area contributed by atoms with Gasteiger partial charge in [-0.3, -0.25) is 14.9 Å². The average Bonchev–Trinajstić information content (AvgIpc) is 2.30. The van der Waals surface area contributed by atoms with Gasteiger partial charge in [-0.05, 0) is 19.1 Å². The summed E-state index contributed by atoms with van der Waals surface area (Å²) in [5, 5.41) is 13.1. The van der Waals surface area contributed by atoms with Crippen LogP contribution in [-0.4, -0.2) is 29.6 Å². The van der Waals surface area contributed by atoms with Crippen LogP contribution in [0.4, 0.5) is 14.5 Å². The van der Waals surface area contributed by atoms with Gasteiger partial charge in [-0.25, -0.2) is 8.78 Å². The molecular formula is C11H12F2N2O3. The number of carboxylic acids is 1. The molecule has 98 valence electrons. The van der Waals surface area contributed by atoms with Gasteiger partial charge in [0.15, 0.2) is 0 Å². The summed E-state index contributed by atoms with van der Waals surface area (Å²) in [6.45, 7) is 1.04. The Balaban J connectivity index is 2.54. The van der Waals surface area contributed by atoms with Gasteiger partial charge in [-0.2, -0.15) is 0 Å². The third-order valence-corrected chi connectivity index (χ3v) is 2.14. The molecule has 0 fully saturated rings. The SMILES string of the molecule is C[C@@H](NCC(=O)Nc1cc(F)ccc1F)C(=O)O. The van der Waals surface area contributed by atoms with E-state index < -0.39 is 29.6 Å². The van der Waals surface area contributed by atoms with E-state index in [4.69, 9.17) is 5.11 Å². The summed E-state index contributed by atoms with van der Waals surface area (Å²) in [6, 6.07) is 1.75. The molecule has 0 aliphatic rings. The molecular weight excluding hydrogens is 246 g/mol. The van der Waals surface area contributed by atoms with Crippen molar-refractivity contribution in [3.63, 3.8) is 0 Å². The third kappa shape index (κ3) is 4.10. The number of carboxylic acid groups (broad SMARTS) is 1. The number of carbonyl (C=O) groups is 2. The molecule has 1 rings (SSSR count). The van der Waals surface area contributed by atoms with Gasteiger partial charge in [-0.15, -0.1) is 0 Å². The van der Waals surface area contributed by atoms with Crippen LogP contribution in [0.15, 0.2) is 18.2 Å². The predicted molar refractivity (Wildman–Crippen MR) is 60.1 cm³/mol. The summed E-state index contributed by atoms with van der Waals surface area (Å²) < 4.78 is 26.0. The Labute approximate surface area is 102 Å². The number of aliphatic carboxylic acids is 1. The number of rotatable bonds is 5. The third-order valence-electron chi connectivity index (χ3n) is 2.14. The van der Waals surface area contributed by atoms with Gasteiger partial charge in [0.2, 0.25) is 5.91 Å². The predicted octanol–water partition coefficient (Wildman–Crippen LogP) is 0.966. The van der Waals surface area contributed by atoms with Crippen LogP contribution in [0.5, 0.6) is 0 Å². The fourth-order valence-electron chi connectivity index (χ4n) is 1.12. The Hall–Kier alpha value is -2.02. The highest BCUT2D eigenvalue weighted by Crippen LogP contribution is 2.14. The molecule has 0 radical (unpaired) electrons. The van der Waals surface area contributed by atoms with Crippen LogP contribution in [0.2, 0.25) is 0 Å². The molecule has 0 bridgehead atoms. The summed E-state index contributed by atoms with van der Waals surface area (Å²) in [5.41, 5.74) is -0.287. The number of carbonyl (C=O) groups excluding carboxylic acids is 1. The van der Waals surface area contributed by atoms with E-state index in [9.17, 15) is 18.4 Å². The van der Waals surface area contributed by atoms with Crippen LogP contribution in [0.3, 0.4) is 0 Å². The van der Waals surface area contributed by atoms with E-state index >= 15 is 0 Å². The zero-order chi connectivity index (χ0) is 13.7. The monoisotopic (exact) mass is 258 g/mol. The number of hydrogen-bond acceptors (Lipinski definition) is 3. The molecule has 1 aromatic carbocycles. The van der Waals surface area contributed by atoms with Crippen molar-refractivity contribution in [1.29, 1.82) is 0 Å². The second-order valence-electron chi connectivity index (χ2n) is 3.61. The van der Waals surface area contributed by atoms with Crippen molar-refractivity contribution >= 4 is 17.6 Å². The molecule has 0 spiro atoms. The Morgan fingerprint density at radius 2 is 2.06 bits per heavy atom. The van der Waals surface area contributed by atoms with Crippen molar-refractivity contribution in [2.45, 2.75) is 13.0 Å². The Morgan fingerprint density at radius 3 is 2.67 bits per heavy atom. The van der Waals surface area contributed by atoms with Crippen molar-refractivity contribution in [1.82, 2.24) is 5.32 Å². The average molecular weight is 258 g/mol. The molecule has 1 atom stereocenters. The van der Waals surface area contributed by atoms with Crippen molar-refractivity contribution in [3.8, 4) is 0 Å². The summed E-state index contributed by atoms with van der Waals surface area (Å²) in [5.74, 6) is -3.22. The minimum Gasteiger partial charge on any atom is -0.480 e. The van der Waals surface area contributed by atoms with Gasteiger partial charge in [0.25, 0.3) is 0 Å². The summed E-state index contributed by atoms with van der Waals surface area (Å²) in [6.07, 6.45) is 0. The topological polar surface area (TPSA) is 78.4 Å². The van der Waals surface area contributed by atoms with E-state index in [1.165, 1.54) is 6.92 Å². The molecule has 0 saturated heterocycles. The van der Waals surface area contributed by atoms with E-state index in [1.807, 2.05) is 0 Å². The number of benzene rings is 1. The van der Waals surface area contributed by atoms with Gasteiger partial charge in [0.05, 0.1) is 12.2 Å². The maximum atomic E-state index is 13.2. The molecule has 5 nitrogen and oxygen atoms in total. The number of nitrogens with one attached hydrogen (secondary N) is 2. The highest BCUT2D eigenvalue weighted by Gasteiger charge is 2.13. The Morgan fingerprint density at radius 1 is 1.39 bits per heavy atom. The van der Waals surface area contributed by atoms with Gasteiger partial charge in [0.1, 0.15) is 17.7 Å². The van der Waals surface area contributed by atoms with E-state index in [2.05, 4.69) is 10.6 Å². The van der Waals surface area contributed by atoms with Gasteiger partial charge >= 0.3 is 5.97 Å². The normalized spacial score (nSPS) is 11.9. The minimum absolute atomic E-state index is 0.287. The van der Waals surface area contributed by atoms with Crippen LogP contribution in [0.25, 0.3) is 0 Å². The molecule has 7 heteroatoms. The van der Waals surface area contributed by atoms with E-state index in [0.717, 1.165) is 18.2 Å². The van der Waals surface area contributed by atoms with E-state index in [-0.39, 0.29) is 12.2 Å². The van der Waals surface area contributed by atoms with Crippen molar-refractivity contribution in [3.05, 3.63) is 29.8 Å². The van der Waals surface area contributed by atoms with Gasteiger partial charge in [0, 0.05) is 6.07 Å². The fourth-order valence-corrected chi connectivity index (χ4v) is 1.12.